The van der Waals surface area contributed by atoms with Crippen molar-refractivity contribution in [2.75, 3.05) is 26.2 Å². The van der Waals surface area contributed by atoms with Gasteiger partial charge in [0.05, 0.1) is 0 Å². The summed E-state index contributed by atoms with van der Waals surface area (Å²) in [6.07, 6.45) is 0. The third-order valence-corrected chi connectivity index (χ3v) is 4.85. The molecule has 0 saturated carbocycles. The van der Waals surface area contributed by atoms with Crippen molar-refractivity contribution in [3.8, 4) is 0 Å². The Labute approximate surface area is 174 Å². The number of hydrogen-bond donors (Lipinski definition) is 1. The summed E-state index contributed by atoms with van der Waals surface area (Å²) < 4.78 is 0. The Morgan fingerprint density at radius 3 is 1.96 bits per heavy atom. The van der Waals surface area contributed by atoms with Crippen LogP contribution in [0.15, 0.2) is 48.5 Å². The normalized spacial score (nSPS) is 15.1. The molecular weight excluding hydrogens is 409 g/mol. The molecule has 1 saturated heterocycles. The summed E-state index contributed by atoms with van der Waals surface area (Å²) in [5.74, 6) is -0.275. The molecule has 2 amide bonds. The topological polar surface area (TPSA) is 66.6 Å². The average molecular weight is 429 g/mol. The van der Waals surface area contributed by atoms with E-state index in [9.17, 15) is 9.59 Å². The minimum atomic E-state index is -0.690. The van der Waals surface area contributed by atoms with Crippen molar-refractivity contribution in [2.45, 2.75) is 6.04 Å². The molecule has 0 spiro atoms. The Bertz CT molecular complexity index is 789. The number of nitrogens with two attached hydrogens (primary N) is 1. The minimum absolute atomic E-state index is 0. The maximum atomic E-state index is 12.6. The lowest BCUT2D eigenvalue weighted by molar-refractivity contribution is -0.134. The first-order valence-corrected chi connectivity index (χ1v) is 9.06. The van der Waals surface area contributed by atoms with E-state index in [0.717, 1.165) is 5.56 Å². The monoisotopic (exact) mass is 427 g/mol. The molecule has 3 rings (SSSR count). The third kappa shape index (κ3) is 5.14. The highest BCUT2D eigenvalue weighted by molar-refractivity contribution is 6.35. The Kier molecular flexibility index (Phi) is 7.50. The lowest BCUT2D eigenvalue weighted by Crippen LogP contribution is -2.52. The fraction of sp³-hybridized carbons (Fsp3) is 0.263. The molecule has 1 unspecified atom stereocenters. The van der Waals surface area contributed by atoms with Crippen molar-refractivity contribution in [3.05, 3.63) is 69.7 Å². The van der Waals surface area contributed by atoms with E-state index in [-0.39, 0.29) is 24.2 Å². The van der Waals surface area contributed by atoms with Gasteiger partial charge in [0, 0.05) is 41.8 Å². The fourth-order valence-electron chi connectivity index (χ4n) is 2.99. The number of carbonyl (C=O) groups is 2. The van der Waals surface area contributed by atoms with Crippen molar-refractivity contribution in [1.29, 1.82) is 0 Å². The van der Waals surface area contributed by atoms with Crippen LogP contribution in [-0.4, -0.2) is 47.8 Å². The molecule has 144 valence electrons. The van der Waals surface area contributed by atoms with Crippen molar-refractivity contribution in [2.24, 2.45) is 5.73 Å². The highest BCUT2D eigenvalue weighted by atomic mass is 35.5. The van der Waals surface area contributed by atoms with Gasteiger partial charge in [-0.15, -0.1) is 12.4 Å². The zero-order valence-electron chi connectivity index (χ0n) is 14.5. The Hall–Kier alpha value is -1.79. The van der Waals surface area contributed by atoms with Gasteiger partial charge in [0.15, 0.2) is 0 Å². The van der Waals surface area contributed by atoms with Crippen LogP contribution in [0.3, 0.4) is 0 Å². The van der Waals surface area contributed by atoms with Crippen LogP contribution in [0, 0.1) is 0 Å². The summed E-state index contributed by atoms with van der Waals surface area (Å²) in [7, 11) is 0. The number of benzene rings is 2. The summed E-state index contributed by atoms with van der Waals surface area (Å²) in [5.41, 5.74) is 7.32. The standard InChI is InChI=1S/C19H19Cl2N3O2.ClH/c20-15-10-14(11-16(21)12-15)18(25)23-6-8-24(9-7-23)19(26)17(22)13-4-2-1-3-5-13;/h1-5,10-12,17H,6-9,22H2;1H. The molecule has 0 aliphatic carbocycles. The maximum Gasteiger partial charge on any atom is 0.254 e. The molecule has 2 aromatic rings. The van der Waals surface area contributed by atoms with Crippen LogP contribution >= 0.6 is 35.6 Å². The summed E-state index contributed by atoms with van der Waals surface area (Å²) >= 11 is 11.9. The SMILES string of the molecule is Cl.NC(C(=O)N1CCN(C(=O)c2cc(Cl)cc(Cl)c2)CC1)c1ccccc1. The summed E-state index contributed by atoms with van der Waals surface area (Å²) in [4.78, 5) is 28.6. The second kappa shape index (κ2) is 9.42. The molecule has 0 bridgehead atoms. The van der Waals surface area contributed by atoms with Crippen LogP contribution in [0.25, 0.3) is 0 Å². The van der Waals surface area contributed by atoms with Gasteiger partial charge in [-0.3, -0.25) is 9.59 Å². The molecule has 1 heterocycles. The number of rotatable bonds is 3. The van der Waals surface area contributed by atoms with E-state index < -0.39 is 6.04 Å². The van der Waals surface area contributed by atoms with Crippen LogP contribution in [0.5, 0.6) is 0 Å². The van der Waals surface area contributed by atoms with E-state index in [1.165, 1.54) is 0 Å². The minimum Gasteiger partial charge on any atom is -0.337 e. The number of nitrogens with zero attached hydrogens (tertiary/aromatic N) is 2. The van der Waals surface area contributed by atoms with Gasteiger partial charge in [-0.2, -0.15) is 0 Å². The highest BCUT2D eigenvalue weighted by Gasteiger charge is 2.28. The Morgan fingerprint density at radius 2 is 1.41 bits per heavy atom. The van der Waals surface area contributed by atoms with Gasteiger partial charge in [-0.25, -0.2) is 0 Å². The molecular formula is C19H20Cl3N3O2. The average Bonchev–Trinajstić information content (AvgIpc) is 2.66. The largest absolute Gasteiger partial charge is 0.337 e. The molecule has 1 fully saturated rings. The number of carbonyl (C=O) groups excluding carboxylic acids is 2. The van der Waals surface area contributed by atoms with Crippen LogP contribution in [0.4, 0.5) is 0 Å². The van der Waals surface area contributed by atoms with Gasteiger partial charge < -0.3 is 15.5 Å². The van der Waals surface area contributed by atoms with Crippen LogP contribution in [0.1, 0.15) is 22.0 Å². The highest BCUT2D eigenvalue weighted by Crippen LogP contribution is 2.21. The predicted octanol–water partition coefficient (Wildman–Crippen LogP) is 3.40. The molecule has 2 N–H and O–H groups in total. The second-order valence-corrected chi connectivity index (χ2v) is 7.04. The predicted molar refractivity (Wildman–Crippen MR) is 110 cm³/mol. The van der Waals surface area contributed by atoms with E-state index in [4.69, 9.17) is 28.9 Å². The fourth-order valence-corrected chi connectivity index (χ4v) is 3.52. The zero-order valence-corrected chi connectivity index (χ0v) is 16.8. The van der Waals surface area contributed by atoms with Crippen LogP contribution in [-0.2, 0) is 4.79 Å². The van der Waals surface area contributed by atoms with Gasteiger partial charge in [0.2, 0.25) is 5.91 Å². The van der Waals surface area contributed by atoms with Gasteiger partial charge in [-0.1, -0.05) is 53.5 Å². The molecule has 1 aliphatic heterocycles. The number of hydrogen-bond acceptors (Lipinski definition) is 3. The van der Waals surface area contributed by atoms with Gasteiger partial charge >= 0.3 is 0 Å². The quantitative estimate of drug-likeness (QED) is 0.815. The van der Waals surface area contributed by atoms with Gasteiger partial charge in [0.1, 0.15) is 6.04 Å². The van der Waals surface area contributed by atoms with E-state index in [1.54, 1.807) is 28.0 Å². The van der Waals surface area contributed by atoms with Gasteiger partial charge in [-0.05, 0) is 23.8 Å². The van der Waals surface area contributed by atoms with Crippen LogP contribution < -0.4 is 5.73 Å². The smallest absolute Gasteiger partial charge is 0.254 e. The molecule has 27 heavy (non-hydrogen) atoms. The van der Waals surface area contributed by atoms with Gasteiger partial charge in [0.25, 0.3) is 5.91 Å². The maximum absolute atomic E-state index is 12.6. The van der Waals surface area contributed by atoms with E-state index >= 15 is 0 Å². The lowest BCUT2D eigenvalue weighted by Gasteiger charge is -2.36. The first-order valence-electron chi connectivity index (χ1n) is 8.30. The molecule has 1 aliphatic rings. The second-order valence-electron chi connectivity index (χ2n) is 6.16. The zero-order chi connectivity index (χ0) is 18.7. The van der Waals surface area contributed by atoms with Crippen molar-refractivity contribution in [1.82, 2.24) is 9.80 Å². The van der Waals surface area contributed by atoms with Crippen molar-refractivity contribution < 1.29 is 9.59 Å². The van der Waals surface area contributed by atoms with Crippen molar-refractivity contribution >= 4 is 47.4 Å². The van der Waals surface area contributed by atoms with E-state index in [0.29, 0.717) is 41.8 Å². The molecule has 8 heteroatoms. The first-order chi connectivity index (χ1) is 12.5. The number of halogens is 3. The first kappa shape index (κ1) is 21.5. The van der Waals surface area contributed by atoms with Crippen molar-refractivity contribution in [3.63, 3.8) is 0 Å². The lowest BCUT2D eigenvalue weighted by atomic mass is 10.1. The summed E-state index contributed by atoms with van der Waals surface area (Å²) in [6.45, 7) is 1.77. The summed E-state index contributed by atoms with van der Waals surface area (Å²) in [6, 6.07) is 13.4. The Morgan fingerprint density at radius 1 is 0.889 bits per heavy atom. The Balaban J connectivity index is 0.00000261. The molecule has 0 aromatic heterocycles. The molecule has 1 atom stereocenters. The third-order valence-electron chi connectivity index (χ3n) is 4.41. The number of piperazine rings is 1. The van der Waals surface area contributed by atoms with E-state index in [1.807, 2.05) is 30.3 Å². The molecule has 0 radical (unpaired) electrons. The summed E-state index contributed by atoms with van der Waals surface area (Å²) in [5, 5.41) is 0.840. The molecule has 2 aromatic carbocycles. The number of amides is 2. The van der Waals surface area contributed by atoms with E-state index in [2.05, 4.69) is 0 Å². The molecule has 5 nitrogen and oxygen atoms in total. The van der Waals surface area contributed by atoms with Crippen LogP contribution in [0.2, 0.25) is 10.0 Å².